The Balaban J connectivity index is 1.72. The van der Waals surface area contributed by atoms with Crippen LogP contribution in [0.1, 0.15) is 29.9 Å². The molecule has 0 aromatic heterocycles. The number of nitrogens with zero attached hydrogens (tertiary/aromatic N) is 2. The average Bonchev–Trinajstić information content (AvgIpc) is 2.54. The fourth-order valence-corrected chi connectivity index (χ4v) is 3.36. The maximum Gasteiger partial charge on any atom is 0.230 e. The molecule has 2 aromatic carbocycles. The van der Waals surface area contributed by atoms with E-state index in [9.17, 15) is 4.79 Å². The molecule has 2 unspecified atom stereocenters. The minimum absolute atomic E-state index is 0.0986. The number of benzene rings is 2. The van der Waals surface area contributed by atoms with Gasteiger partial charge in [0.15, 0.2) is 0 Å². The summed E-state index contributed by atoms with van der Waals surface area (Å²) in [5, 5.41) is 0. The summed E-state index contributed by atoms with van der Waals surface area (Å²) in [5.41, 5.74) is 4.65. The highest BCUT2D eigenvalue weighted by molar-refractivity contribution is 5.95. The van der Waals surface area contributed by atoms with Crippen LogP contribution in [-0.2, 0) is 4.79 Å². The average molecular weight is 322 g/mol. The summed E-state index contributed by atoms with van der Waals surface area (Å²) in [6.07, 6.45) is 2.08. The van der Waals surface area contributed by atoms with E-state index in [1.54, 1.807) is 0 Å². The first kappa shape index (κ1) is 16.6. The van der Waals surface area contributed by atoms with Crippen LogP contribution in [0.15, 0.2) is 48.5 Å². The molecule has 3 rings (SSSR count). The number of carbonyl (C=O) groups excluding carboxylic acids is 1. The van der Waals surface area contributed by atoms with Gasteiger partial charge in [0.05, 0.1) is 0 Å². The van der Waals surface area contributed by atoms with Gasteiger partial charge in [-0.15, -0.1) is 0 Å². The van der Waals surface area contributed by atoms with Gasteiger partial charge in [-0.25, -0.2) is 0 Å². The van der Waals surface area contributed by atoms with Crippen molar-refractivity contribution < 1.29 is 4.79 Å². The maximum absolute atomic E-state index is 12.9. The lowest BCUT2D eigenvalue weighted by molar-refractivity contribution is -0.125. The topological polar surface area (TPSA) is 23.6 Å². The van der Waals surface area contributed by atoms with E-state index in [2.05, 4.69) is 48.2 Å². The van der Waals surface area contributed by atoms with Crippen LogP contribution in [0.25, 0.3) is 0 Å². The van der Waals surface area contributed by atoms with Crippen molar-refractivity contribution in [3.8, 4) is 0 Å². The van der Waals surface area contributed by atoms with Crippen LogP contribution in [0.4, 0.5) is 11.4 Å². The molecule has 1 aliphatic rings. The van der Waals surface area contributed by atoms with E-state index >= 15 is 0 Å². The van der Waals surface area contributed by atoms with Gasteiger partial charge < -0.3 is 9.80 Å². The Morgan fingerprint density at radius 1 is 0.875 bits per heavy atom. The number of anilines is 2. The molecule has 0 N–H and O–H groups in total. The molecular formula is C21H26N2O. The van der Waals surface area contributed by atoms with E-state index in [0.29, 0.717) is 5.92 Å². The van der Waals surface area contributed by atoms with Crippen molar-refractivity contribution in [1.82, 2.24) is 0 Å². The lowest BCUT2D eigenvalue weighted by atomic mass is 9.69. The van der Waals surface area contributed by atoms with Gasteiger partial charge in [0.25, 0.3) is 0 Å². The van der Waals surface area contributed by atoms with Crippen molar-refractivity contribution in [2.75, 3.05) is 30.9 Å². The molecule has 0 spiro atoms. The lowest BCUT2D eigenvalue weighted by Crippen LogP contribution is -2.40. The normalized spacial score (nSPS) is 19.5. The number of hydrogen-bond donors (Lipinski definition) is 0. The molecule has 0 bridgehead atoms. The molecule has 1 saturated carbocycles. The first-order valence-corrected chi connectivity index (χ1v) is 8.59. The summed E-state index contributed by atoms with van der Waals surface area (Å²) in [4.78, 5) is 16.8. The molecule has 0 saturated heterocycles. The largest absolute Gasteiger partial charge is 0.378 e. The zero-order valence-corrected chi connectivity index (χ0v) is 15.0. The second-order valence-electron chi connectivity index (χ2n) is 7.01. The SMILES string of the molecule is Cc1ccc(N(C)C(=O)C2CCC2c2ccc(N(C)C)cc2)cc1. The van der Waals surface area contributed by atoms with Crippen LogP contribution in [0.5, 0.6) is 0 Å². The Morgan fingerprint density at radius 3 is 1.96 bits per heavy atom. The molecule has 0 aliphatic heterocycles. The summed E-state index contributed by atoms with van der Waals surface area (Å²) in [6.45, 7) is 2.06. The molecule has 126 valence electrons. The second kappa shape index (κ2) is 6.68. The van der Waals surface area contributed by atoms with Crippen LogP contribution in [0.2, 0.25) is 0 Å². The van der Waals surface area contributed by atoms with Crippen molar-refractivity contribution in [3.05, 3.63) is 59.7 Å². The van der Waals surface area contributed by atoms with Crippen molar-refractivity contribution >= 4 is 17.3 Å². The van der Waals surface area contributed by atoms with Crippen LogP contribution in [-0.4, -0.2) is 27.1 Å². The summed E-state index contributed by atoms with van der Waals surface area (Å²) in [5.74, 6) is 0.676. The van der Waals surface area contributed by atoms with E-state index < -0.39 is 0 Å². The molecule has 3 heteroatoms. The molecule has 1 amide bonds. The molecule has 2 atom stereocenters. The molecule has 24 heavy (non-hydrogen) atoms. The number of carbonyl (C=O) groups is 1. The summed E-state index contributed by atoms with van der Waals surface area (Å²) in [7, 11) is 5.97. The molecule has 0 heterocycles. The Hall–Kier alpha value is -2.29. The Bertz CT molecular complexity index is 704. The first-order chi connectivity index (χ1) is 11.5. The van der Waals surface area contributed by atoms with Crippen molar-refractivity contribution in [3.63, 3.8) is 0 Å². The maximum atomic E-state index is 12.9. The van der Waals surface area contributed by atoms with E-state index in [4.69, 9.17) is 0 Å². The zero-order valence-electron chi connectivity index (χ0n) is 15.0. The van der Waals surface area contributed by atoms with Gasteiger partial charge in [-0.3, -0.25) is 4.79 Å². The number of rotatable bonds is 4. The Labute approximate surface area is 144 Å². The summed E-state index contributed by atoms with van der Waals surface area (Å²) in [6, 6.07) is 16.8. The third-order valence-electron chi connectivity index (χ3n) is 5.18. The molecule has 3 nitrogen and oxygen atoms in total. The van der Waals surface area contributed by atoms with E-state index in [-0.39, 0.29) is 11.8 Å². The summed E-state index contributed by atoms with van der Waals surface area (Å²) < 4.78 is 0. The van der Waals surface area contributed by atoms with E-state index in [1.165, 1.54) is 16.8 Å². The van der Waals surface area contributed by atoms with Crippen LogP contribution in [0.3, 0.4) is 0 Å². The third-order valence-corrected chi connectivity index (χ3v) is 5.18. The molecule has 1 fully saturated rings. The monoisotopic (exact) mass is 322 g/mol. The Kier molecular flexibility index (Phi) is 4.61. The zero-order chi connectivity index (χ0) is 17.3. The molecular weight excluding hydrogens is 296 g/mol. The van der Waals surface area contributed by atoms with Gasteiger partial charge >= 0.3 is 0 Å². The Morgan fingerprint density at radius 2 is 1.46 bits per heavy atom. The van der Waals surface area contributed by atoms with E-state index in [0.717, 1.165) is 18.5 Å². The van der Waals surface area contributed by atoms with Gasteiger partial charge in [-0.1, -0.05) is 29.8 Å². The third kappa shape index (κ3) is 3.16. The van der Waals surface area contributed by atoms with Gasteiger partial charge in [-0.2, -0.15) is 0 Å². The summed E-state index contributed by atoms with van der Waals surface area (Å²) >= 11 is 0. The quantitative estimate of drug-likeness (QED) is 0.841. The van der Waals surface area contributed by atoms with Gasteiger partial charge in [0.1, 0.15) is 0 Å². The predicted octanol–water partition coefficient (Wildman–Crippen LogP) is 4.22. The first-order valence-electron chi connectivity index (χ1n) is 8.59. The standard InChI is InChI=1S/C21H26N2O/c1-15-5-9-18(10-6-15)23(4)21(24)20-14-13-19(20)16-7-11-17(12-8-16)22(2)3/h5-12,19-20H,13-14H2,1-4H3. The van der Waals surface area contributed by atoms with Crippen molar-refractivity contribution in [1.29, 1.82) is 0 Å². The van der Waals surface area contributed by atoms with Crippen LogP contribution in [0, 0.1) is 12.8 Å². The fraction of sp³-hybridized carbons (Fsp3) is 0.381. The number of hydrogen-bond acceptors (Lipinski definition) is 2. The van der Waals surface area contributed by atoms with E-state index in [1.807, 2.05) is 38.2 Å². The number of amides is 1. The second-order valence-corrected chi connectivity index (χ2v) is 7.01. The highest BCUT2D eigenvalue weighted by Gasteiger charge is 2.39. The lowest BCUT2D eigenvalue weighted by Gasteiger charge is -2.38. The van der Waals surface area contributed by atoms with Crippen molar-refractivity contribution in [2.45, 2.75) is 25.7 Å². The van der Waals surface area contributed by atoms with Gasteiger partial charge in [0, 0.05) is 38.4 Å². The minimum Gasteiger partial charge on any atom is -0.378 e. The van der Waals surface area contributed by atoms with Gasteiger partial charge in [-0.05, 0) is 55.5 Å². The van der Waals surface area contributed by atoms with Crippen LogP contribution >= 0.6 is 0 Å². The number of aryl methyl sites for hydroxylation is 1. The highest BCUT2D eigenvalue weighted by Crippen LogP contribution is 2.44. The smallest absolute Gasteiger partial charge is 0.230 e. The minimum atomic E-state index is 0.0986. The highest BCUT2D eigenvalue weighted by atomic mass is 16.2. The van der Waals surface area contributed by atoms with Crippen LogP contribution < -0.4 is 9.80 Å². The fourth-order valence-electron chi connectivity index (χ4n) is 3.36. The van der Waals surface area contributed by atoms with Gasteiger partial charge in [0.2, 0.25) is 5.91 Å². The predicted molar refractivity (Wildman–Crippen MR) is 101 cm³/mol. The molecule has 0 radical (unpaired) electrons. The molecule has 1 aliphatic carbocycles. The van der Waals surface area contributed by atoms with Crippen molar-refractivity contribution in [2.24, 2.45) is 5.92 Å². The molecule has 2 aromatic rings.